The fourth-order valence-electron chi connectivity index (χ4n) is 0. The molecule has 0 fully saturated rings. The molecule has 0 saturated carbocycles. The molecular formula is C4H14O3V. The maximum Gasteiger partial charge on any atom is 0.0402 e. The molecule has 1 radical (unpaired) electrons. The summed E-state index contributed by atoms with van der Waals surface area (Å²) < 4.78 is 0. The fourth-order valence-corrected chi connectivity index (χ4v) is 0. The molecule has 0 atom stereocenters. The number of aliphatic hydroxyl groups is 2. The molecule has 0 aromatic heterocycles. The zero-order chi connectivity index (χ0) is 5.41. The minimum atomic E-state index is 0. The Kier molecular flexibility index (Phi) is 152. The minimum Gasteiger partial charge on any atom is -0.412 e. The summed E-state index contributed by atoms with van der Waals surface area (Å²) in [6, 6.07) is 0. The van der Waals surface area contributed by atoms with Crippen LogP contribution in [0.25, 0.3) is 0 Å². The van der Waals surface area contributed by atoms with Gasteiger partial charge in [0.15, 0.2) is 0 Å². The fraction of sp³-hybridized carbons (Fsp3) is 1.00. The van der Waals surface area contributed by atoms with E-state index in [0.29, 0.717) is 0 Å². The van der Waals surface area contributed by atoms with Gasteiger partial charge in [-0.05, 0) is 13.8 Å². The van der Waals surface area contributed by atoms with Gasteiger partial charge in [0.05, 0.1) is 0 Å². The average Bonchev–Trinajstić information content (AvgIpc) is 1.39. The predicted molar refractivity (Wildman–Crippen MR) is 29.1 cm³/mol. The van der Waals surface area contributed by atoms with Gasteiger partial charge < -0.3 is 15.7 Å². The van der Waals surface area contributed by atoms with E-state index in [1.807, 2.05) is 0 Å². The van der Waals surface area contributed by atoms with Crippen LogP contribution in [-0.4, -0.2) is 28.9 Å². The third kappa shape index (κ3) is 895. The number of hydrogen-bond acceptors (Lipinski definition) is 2. The first-order chi connectivity index (χ1) is 2.83. The van der Waals surface area contributed by atoms with Crippen molar-refractivity contribution in [3.63, 3.8) is 0 Å². The van der Waals surface area contributed by atoms with E-state index in [2.05, 4.69) is 0 Å². The van der Waals surface area contributed by atoms with Gasteiger partial charge in [0.1, 0.15) is 0 Å². The molecule has 0 heterocycles. The molecule has 0 aliphatic heterocycles. The molecule has 0 unspecified atom stereocenters. The van der Waals surface area contributed by atoms with E-state index >= 15 is 0 Å². The topological polar surface area (TPSA) is 72.0 Å². The van der Waals surface area contributed by atoms with Gasteiger partial charge in [-0.1, -0.05) is 0 Å². The summed E-state index contributed by atoms with van der Waals surface area (Å²) in [5.74, 6) is 0. The molecule has 0 aliphatic carbocycles. The summed E-state index contributed by atoms with van der Waals surface area (Å²) in [6.45, 7) is 3.86. The molecule has 4 heteroatoms. The predicted octanol–water partition coefficient (Wildman–Crippen LogP) is -0.830. The SMILES string of the molecule is CCO.CCO.O.[V]. The molecule has 0 aromatic carbocycles. The Morgan fingerprint density at radius 1 is 1.00 bits per heavy atom. The molecule has 8 heavy (non-hydrogen) atoms. The number of rotatable bonds is 0. The van der Waals surface area contributed by atoms with Crippen LogP contribution in [-0.2, 0) is 18.6 Å². The van der Waals surface area contributed by atoms with E-state index in [4.69, 9.17) is 10.2 Å². The van der Waals surface area contributed by atoms with Gasteiger partial charge in [-0.15, -0.1) is 0 Å². The van der Waals surface area contributed by atoms with Gasteiger partial charge in [0.2, 0.25) is 0 Å². The van der Waals surface area contributed by atoms with Crippen molar-refractivity contribution >= 4 is 0 Å². The molecule has 3 nitrogen and oxygen atoms in total. The van der Waals surface area contributed by atoms with Crippen LogP contribution in [0.3, 0.4) is 0 Å². The van der Waals surface area contributed by atoms with Gasteiger partial charge >= 0.3 is 0 Å². The molecule has 0 aliphatic rings. The molecule has 0 amide bonds. The Balaban J connectivity index is -0.0000000160. The van der Waals surface area contributed by atoms with Gasteiger partial charge in [0, 0.05) is 31.8 Å². The molecule has 0 saturated heterocycles. The Bertz CT molecular complexity index is 13.2. The zero-order valence-electron chi connectivity index (χ0n) is 5.26. The van der Waals surface area contributed by atoms with Crippen molar-refractivity contribution in [1.29, 1.82) is 0 Å². The normalized spacial score (nSPS) is 4.50. The first kappa shape index (κ1) is 23.7. The van der Waals surface area contributed by atoms with Crippen molar-refractivity contribution in [2.45, 2.75) is 13.8 Å². The monoisotopic (exact) mass is 161 g/mol. The quantitative estimate of drug-likeness (QED) is 0.486. The second-order valence-corrected chi connectivity index (χ2v) is 0.632. The maximum atomic E-state index is 7.57. The van der Waals surface area contributed by atoms with Crippen LogP contribution >= 0.6 is 0 Å². The van der Waals surface area contributed by atoms with Crippen molar-refractivity contribution in [3.8, 4) is 0 Å². The van der Waals surface area contributed by atoms with Crippen LogP contribution in [0, 0.1) is 0 Å². The van der Waals surface area contributed by atoms with Gasteiger partial charge in [0.25, 0.3) is 0 Å². The Morgan fingerprint density at radius 2 is 1.00 bits per heavy atom. The summed E-state index contributed by atoms with van der Waals surface area (Å²) in [5, 5.41) is 15.1. The molecule has 53 valence electrons. The van der Waals surface area contributed by atoms with Crippen molar-refractivity contribution < 1.29 is 34.2 Å². The summed E-state index contributed by atoms with van der Waals surface area (Å²) in [7, 11) is 0. The first-order valence-electron chi connectivity index (χ1n) is 2.05. The number of aliphatic hydroxyl groups excluding tert-OH is 2. The first-order valence-corrected chi connectivity index (χ1v) is 2.05. The Hall–Kier alpha value is 0.464. The van der Waals surface area contributed by atoms with Crippen LogP contribution in [0.4, 0.5) is 0 Å². The largest absolute Gasteiger partial charge is 0.412 e. The summed E-state index contributed by atoms with van der Waals surface area (Å²) in [5.41, 5.74) is 0. The van der Waals surface area contributed by atoms with E-state index in [-0.39, 0.29) is 37.2 Å². The minimum absolute atomic E-state index is 0. The van der Waals surface area contributed by atoms with Gasteiger partial charge in [-0.2, -0.15) is 0 Å². The van der Waals surface area contributed by atoms with Gasteiger partial charge in [-0.25, -0.2) is 0 Å². The molecule has 0 bridgehead atoms. The second kappa shape index (κ2) is 51.4. The summed E-state index contributed by atoms with van der Waals surface area (Å²) in [4.78, 5) is 0. The van der Waals surface area contributed by atoms with Crippen LogP contribution in [0.2, 0.25) is 0 Å². The third-order valence-corrected chi connectivity index (χ3v) is 0. The third-order valence-electron chi connectivity index (χ3n) is 0. The second-order valence-electron chi connectivity index (χ2n) is 0.632. The van der Waals surface area contributed by atoms with E-state index in [0.717, 1.165) is 0 Å². The molecular weight excluding hydrogens is 147 g/mol. The summed E-state index contributed by atoms with van der Waals surface area (Å²) in [6.07, 6.45) is 0. The number of hydrogen-bond donors (Lipinski definition) is 2. The molecule has 0 spiro atoms. The zero-order valence-corrected chi connectivity index (χ0v) is 6.65. The van der Waals surface area contributed by atoms with E-state index < -0.39 is 0 Å². The smallest absolute Gasteiger partial charge is 0.0402 e. The van der Waals surface area contributed by atoms with Crippen molar-refractivity contribution in [1.82, 2.24) is 0 Å². The average molecular weight is 161 g/mol. The van der Waals surface area contributed by atoms with Gasteiger partial charge in [-0.3, -0.25) is 0 Å². The van der Waals surface area contributed by atoms with E-state index in [9.17, 15) is 0 Å². The standard InChI is InChI=1S/2C2H6O.H2O.V/c2*1-2-3;;/h2*3H,2H2,1H3;1H2;. The Labute approximate surface area is 61.9 Å². The van der Waals surface area contributed by atoms with Crippen LogP contribution in [0.15, 0.2) is 0 Å². The van der Waals surface area contributed by atoms with Crippen LogP contribution in [0.1, 0.15) is 13.8 Å². The molecule has 4 N–H and O–H groups in total. The molecule has 0 aromatic rings. The van der Waals surface area contributed by atoms with Crippen molar-refractivity contribution in [2.75, 3.05) is 13.2 Å². The molecule has 0 rings (SSSR count). The van der Waals surface area contributed by atoms with E-state index in [1.165, 1.54) is 0 Å². The Morgan fingerprint density at radius 3 is 1.00 bits per heavy atom. The van der Waals surface area contributed by atoms with E-state index in [1.54, 1.807) is 13.8 Å². The van der Waals surface area contributed by atoms with Crippen molar-refractivity contribution in [3.05, 3.63) is 0 Å². The van der Waals surface area contributed by atoms with Crippen molar-refractivity contribution in [2.24, 2.45) is 0 Å². The van der Waals surface area contributed by atoms with Crippen LogP contribution < -0.4 is 0 Å². The summed E-state index contributed by atoms with van der Waals surface area (Å²) >= 11 is 0. The maximum absolute atomic E-state index is 7.57. The van der Waals surface area contributed by atoms with Crippen LogP contribution in [0.5, 0.6) is 0 Å².